The van der Waals surface area contributed by atoms with Crippen LogP contribution < -0.4 is 14.8 Å². The number of aromatic nitrogens is 1. The Morgan fingerprint density at radius 3 is 2.39 bits per heavy atom. The van der Waals surface area contributed by atoms with Crippen molar-refractivity contribution in [3.8, 4) is 11.5 Å². The zero-order valence-corrected chi connectivity index (χ0v) is 13.1. The van der Waals surface area contributed by atoms with Crippen molar-refractivity contribution in [2.45, 2.75) is 13.8 Å². The third-order valence-electron chi connectivity index (χ3n) is 3.23. The third kappa shape index (κ3) is 3.10. The summed E-state index contributed by atoms with van der Waals surface area (Å²) >= 11 is 0. The van der Waals surface area contributed by atoms with E-state index in [-0.39, 0.29) is 28.3 Å². The molecule has 0 fully saturated rings. The summed E-state index contributed by atoms with van der Waals surface area (Å²) in [5, 5.41) is 15.5. The van der Waals surface area contributed by atoms with Gasteiger partial charge in [0.15, 0.2) is 11.5 Å². The van der Waals surface area contributed by atoms with E-state index >= 15 is 0 Å². The number of nitrogens with zero attached hydrogens (tertiary/aromatic N) is 1. The predicted molar refractivity (Wildman–Crippen MR) is 80.4 cm³/mol. The molecule has 2 rings (SSSR count). The fourth-order valence-electron chi connectivity index (χ4n) is 2.17. The number of carbonyl (C=O) groups is 2. The van der Waals surface area contributed by atoms with Gasteiger partial charge in [0.2, 0.25) is 0 Å². The fourth-order valence-corrected chi connectivity index (χ4v) is 2.17. The first-order valence-corrected chi connectivity index (χ1v) is 6.62. The SMILES string of the molecule is COc1cc(C(=O)O)cc(NC(=O)c2c(C)noc2C)c1OC. The van der Waals surface area contributed by atoms with Crippen molar-refractivity contribution in [3.05, 3.63) is 34.7 Å². The number of carbonyl (C=O) groups excluding carboxylic acids is 1. The third-order valence-corrected chi connectivity index (χ3v) is 3.23. The molecule has 1 aromatic heterocycles. The molecule has 0 bridgehead atoms. The normalized spacial score (nSPS) is 10.3. The van der Waals surface area contributed by atoms with Crippen molar-refractivity contribution >= 4 is 17.6 Å². The highest BCUT2D eigenvalue weighted by molar-refractivity contribution is 6.07. The lowest BCUT2D eigenvalue weighted by Gasteiger charge is -2.14. The molecular formula is C15H16N2O6. The van der Waals surface area contributed by atoms with E-state index in [0.29, 0.717) is 11.5 Å². The molecule has 0 aliphatic heterocycles. The standard InChI is InChI=1S/C15H16N2O6/c1-7-12(8(2)23-17-7)14(18)16-10-5-9(15(19)20)6-11(21-3)13(10)22-4/h5-6H,1-4H3,(H,16,18)(H,19,20). The molecule has 0 unspecified atom stereocenters. The van der Waals surface area contributed by atoms with Gasteiger partial charge in [-0.05, 0) is 26.0 Å². The van der Waals surface area contributed by atoms with Crippen molar-refractivity contribution in [1.82, 2.24) is 5.16 Å². The Morgan fingerprint density at radius 2 is 1.91 bits per heavy atom. The smallest absolute Gasteiger partial charge is 0.335 e. The Labute approximate surface area is 132 Å². The molecule has 0 atom stereocenters. The zero-order valence-electron chi connectivity index (χ0n) is 13.1. The number of nitrogens with one attached hydrogen (secondary N) is 1. The monoisotopic (exact) mass is 320 g/mol. The van der Waals surface area contributed by atoms with Gasteiger partial charge >= 0.3 is 5.97 Å². The Hall–Kier alpha value is -3.03. The molecule has 0 aliphatic rings. The minimum absolute atomic E-state index is 0.0447. The topological polar surface area (TPSA) is 111 Å². The van der Waals surface area contributed by atoms with E-state index in [1.807, 2.05) is 0 Å². The van der Waals surface area contributed by atoms with E-state index in [2.05, 4.69) is 10.5 Å². The Bertz CT molecular complexity index is 746. The molecule has 0 radical (unpaired) electrons. The summed E-state index contributed by atoms with van der Waals surface area (Å²) in [5.74, 6) is -0.859. The molecule has 1 aromatic carbocycles. The minimum Gasteiger partial charge on any atom is -0.493 e. The quantitative estimate of drug-likeness (QED) is 0.869. The highest BCUT2D eigenvalue weighted by atomic mass is 16.5. The molecule has 0 spiro atoms. The summed E-state index contributed by atoms with van der Waals surface area (Å²) in [5.41, 5.74) is 0.845. The number of carboxylic acid groups (broad SMARTS) is 1. The van der Waals surface area contributed by atoms with Gasteiger partial charge < -0.3 is 24.4 Å². The molecule has 122 valence electrons. The maximum atomic E-state index is 12.4. The highest BCUT2D eigenvalue weighted by Gasteiger charge is 2.22. The molecule has 8 nitrogen and oxygen atoms in total. The minimum atomic E-state index is -1.15. The van der Waals surface area contributed by atoms with Gasteiger partial charge in [0.25, 0.3) is 5.91 Å². The molecule has 8 heteroatoms. The van der Waals surface area contributed by atoms with Crippen molar-refractivity contribution in [1.29, 1.82) is 0 Å². The summed E-state index contributed by atoms with van der Waals surface area (Å²) in [4.78, 5) is 23.6. The lowest BCUT2D eigenvalue weighted by Crippen LogP contribution is -2.15. The molecule has 0 saturated heterocycles. The summed E-state index contributed by atoms with van der Waals surface area (Å²) < 4.78 is 15.3. The average molecular weight is 320 g/mol. The number of hydrogen-bond acceptors (Lipinski definition) is 6. The van der Waals surface area contributed by atoms with Crippen LogP contribution in [0.2, 0.25) is 0 Å². The number of carboxylic acids is 1. The summed E-state index contributed by atoms with van der Waals surface area (Å²) in [7, 11) is 2.77. The van der Waals surface area contributed by atoms with Crippen LogP contribution in [-0.2, 0) is 0 Å². The number of aryl methyl sites for hydroxylation is 2. The lowest BCUT2D eigenvalue weighted by molar-refractivity contribution is 0.0696. The second-order valence-corrected chi connectivity index (χ2v) is 4.72. The van der Waals surface area contributed by atoms with Crippen molar-refractivity contribution < 1.29 is 28.7 Å². The average Bonchev–Trinajstić information content (AvgIpc) is 2.85. The summed E-state index contributed by atoms with van der Waals surface area (Å²) in [6.45, 7) is 3.25. The van der Waals surface area contributed by atoms with Crippen LogP contribution in [0.1, 0.15) is 32.2 Å². The van der Waals surface area contributed by atoms with Crippen LogP contribution in [0.3, 0.4) is 0 Å². The van der Waals surface area contributed by atoms with Gasteiger partial charge in [-0.25, -0.2) is 4.79 Å². The predicted octanol–water partition coefficient (Wildman–Crippen LogP) is 2.26. The van der Waals surface area contributed by atoms with Crippen molar-refractivity contribution in [2.75, 3.05) is 19.5 Å². The zero-order chi connectivity index (χ0) is 17.1. The van der Waals surface area contributed by atoms with E-state index in [4.69, 9.17) is 19.1 Å². The van der Waals surface area contributed by atoms with Crippen LogP contribution in [0.15, 0.2) is 16.7 Å². The molecule has 1 amide bonds. The van der Waals surface area contributed by atoms with Gasteiger partial charge in [-0.3, -0.25) is 4.79 Å². The van der Waals surface area contributed by atoms with Crippen LogP contribution in [0, 0.1) is 13.8 Å². The maximum absolute atomic E-state index is 12.4. The van der Waals surface area contributed by atoms with E-state index in [1.54, 1.807) is 13.8 Å². The highest BCUT2D eigenvalue weighted by Crippen LogP contribution is 2.37. The lowest BCUT2D eigenvalue weighted by atomic mass is 10.1. The number of amides is 1. The van der Waals surface area contributed by atoms with Gasteiger partial charge in [-0.2, -0.15) is 0 Å². The first-order chi connectivity index (χ1) is 10.9. The fraction of sp³-hybridized carbons (Fsp3) is 0.267. The molecule has 0 aliphatic carbocycles. The van der Waals surface area contributed by atoms with Gasteiger partial charge in [-0.15, -0.1) is 0 Å². The Balaban J connectivity index is 2.47. The number of rotatable bonds is 5. The summed E-state index contributed by atoms with van der Waals surface area (Å²) in [6, 6.07) is 2.60. The summed E-state index contributed by atoms with van der Waals surface area (Å²) in [6.07, 6.45) is 0. The van der Waals surface area contributed by atoms with E-state index in [9.17, 15) is 9.59 Å². The van der Waals surface area contributed by atoms with Gasteiger partial charge in [0.1, 0.15) is 11.3 Å². The molecular weight excluding hydrogens is 304 g/mol. The second-order valence-electron chi connectivity index (χ2n) is 4.72. The van der Waals surface area contributed by atoms with Crippen molar-refractivity contribution in [2.24, 2.45) is 0 Å². The first kappa shape index (κ1) is 16.3. The Kier molecular flexibility index (Phi) is 4.54. The molecule has 23 heavy (non-hydrogen) atoms. The largest absolute Gasteiger partial charge is 0.493 e. The van der Waals surface area contributed by atoms with Crippen LogP contribution in [0.25, 0.3) is 0 Å². The van der Waals surface area contributed by atoms with E-state index < -0.39 is 11.9 Å². The van der Waals surface area contributed by atoms with E-state index in [1.165, 1.54) is 26.4 Å². The van der Waals surface area contributed by atoms with Crippen LogP contribution in [0.4, 0.5) is 5.69 Å². The van der Waals surface area contributed by atoms with Crippen molar-refractivity contribution in [3.63, 3.8) is 0 Å². The number of anilines is 1. The molecule has 2 N–H and O–H groups in total. The van der Waals surface area contributed by atoms with Gasteiger partial charge in [0.05, 0.1) is 31.2 Å². The maximum Gasteiger partial charge on any atom is 0.335 e. The van der Waals surface area contributed by atoms with Gasteiger partial charge in [-0.1, -0.05) is 5.16 Å². The molecule has 2 aromatic rings. The van der Waals surface area contributed by atoms with E-state index in [0.717, 1.165) is 0 Å². The second kappa shape index (κ2) is 6.39. The first-order valence-electron chi connectivity index (χ1n) is 6.62. The molecule has 1 heterocycles. The van der Waals surface area contributed by atoms with Crippen LogP contribution >= 0.6 is 0 Å². The Morgan fingerprint density at radius 1 is 1.22 bits per heavy atom. The number of ether oxygens (including phenoxy) is 2. The number of benzene rings is 1. The van der Waals surface area contributed by atoms with Crippen LogP contribution in [0.5, 0.6) is 11.5 Å². The molecule has 0 saturated carbocycles. The number of methoxy groups -OCH3 is 2. The van der Waals surface area contributed by atoms with Gasteiger partial charge in [0, 0.05) is 0 Å². The van der Waals surface area contributed by atoms with Crippen LogP contribution in [-0.4, -0.2) is 36.4 Å². The number of hydrogen-bond donors (Lipinski definition) is 2. The number of aromatic carboxylic acids is 1.